The molecule has 0 saturated heterocycles. The maximum Gasteiger partial charge on any atom is 0.250 e. The van der Waals surface area contributed by atoms with E-state index in [0.717, 1.165) is 27.0 Å². The van der Waals surface area contributed by atoms with Crippen molar-refractivity contribution < 1.29 is 9.59 Å². The maximum absolute atomic E-state index is 12.1. The summed E-state index contributed by atoms with van der Waals surface area (Å²) in [5.74, 6) is -0.349. The predicted octanol–water partition coefficient (Wildman–Crippen LogP) is 4.52. The summed E-state index contributed by atoms with van der Waals surface area (Å²) in [5.41, 5.74) is 4.79. The van der Waals surface area contributed by atoms with Crippen molar-refractivity contribution in [2.45, 2.75) is 20.8 Å². The van der Waals surface area contributed by atoms with Crippen molar-refractivity contribution in [2.75, 3.05) is 10.6 Å². The number of rotatable bonds is 4. The Bertz CT molecular complexity index is 1000. The van der Waals surface area contributed by atoms with Gasteiger partial charge in [-0.2, -0.15) is 0 Å². The molecule has 0 aliphatic heterocycles. The van der Waals surface area contributed by atoms with Crippen LogP contribution in [0.4, 0.5) is 10.8 Å². The minimum Gasteiger partial charge on any atom is -0.326 e. The highest BCUT2D eigenvalue weighted by Crippen LogP contribution is 2.29. The van der Waals surface area contributed by atoms with Gasteiger partial charge in [-0.3, -0.25) is 14.9 Å². The van der Waals surface area contributed by atoms with Crippen molar-refractivity contribution in [3.63, 3.8) is 0 Å². The Morgan fingerprint density at radius 2 is 1.81 bits per heavy atom. The molecule has 2 aromatic carbocycles. The average molecular weight is 365 g/mol. The lowest BCUT2D eigenvalue weighted by atomic mass is 10.1. The molecule has 3 aromatic rings. The molecular formula is C20H19N3O2S. The van der Waals surface area contributed by atoms with E-state index in [4.69, 9.17) is 0 Å². The molecule has 0 saturated carbocycles. The van der Waals surface area contributed by atoms with E-state index in [1.807, 2.05) is 26.0 Å². The summed E-state index contributed by atoms with van der Waals surface area (Å²) in [6.07, 6.45) is 3.19. The molecule has 0 aliphatic carbocycles. The molecule has 2 amide bonds. The van der Waals surface area contributed by atoms with E-state index in [2.05, 4.69) is 27.8 Å². The topological polar surface area (TPSA) is 71.1 Å². The molecule has 2 N–H and O–H groups in total. The SMILES string of the molecule is CC(=O)Nc1ccc(/C=C/C(=O)Nc2nc3c(C)cc(C)cc3s2)cc1. The van der Waals surface area contributed by atoms with Gasteiger partial charge in [0.1, 0.15) is 0 Å². The first-order chi connectivity index (χ1) is 12.4. The molecule has 0 aliphatic rings. The minimum atomic E-state index is -0.232. The number of fused-ring (bicyclic) bond motifs is 1. The summed E-state index contributed by atoms with van der Waals surface area (Å²) in [5, 5.41) is 6.10. The van der Waals surface area contributed by atoms with Gasteiger partial charge in [-0.1, -0.05) is 29.5 Å². The van der Waals surface area contributed by atoms with E-state index in [9.17, 15) is 9.59 Å². The van der Waals surface area contributed by atoms with Crippen molar-refractivity contribution >= 4 is 50.3 Å². The number of nitrogens with one attached hydrogen (secondary N) is 2. The van der Waals surface area contributed by atoms with Gasteiger partial charge in [-0.25, -0.2) is 4.98 Å². The van der Waals surface area contributed by atoms with E-state index in [-0.39, 0.29) is 11.8 Å². The van der Waals surface area contributed by atoms with E-state index >= 15 is 0 Å². The Morgan fingerprint density at radius 1 is 1.08 bits per heavy atom. The van der Waals surface area contributed by atoms with E-state index in [1.54, 1.807) is 18.2 Å². The molecular weight excluding hydrogens is 346 g/mol. The third-order valence-corrected chi connectivity index (χ3v) is 4.64. The third-order valence-electron chi connectivity index (χ3n) is 3.72. The number of aromatic nitrogens is 1. The molecule has 6 heteroatoms. The van der Waals surface area contributed by atoms with Gasteiger partial charge in [0.2, 0.25) is 11.8 Å². The largest absolute Gasteiger partial charge is 0.326 e. The fourth-order valence-corrected chi connectivity index (χ4v) is 3.67. The molecule has 0 bridgehead atoms. The smallest absolute Gasteiger partial charge is 0.250 e. The Kier molecular flexibility index (Phi) is 5.14. The summed E-state index contributed by atoms with van der Waals surface area (Å²) in [7, 11) is 0. The first-order valence-electron chi connectivity index (χ1n) is 8.15. The molecule has 5 nitrogen and oxygen atoms in total. The van der Waals surface area contributed by atoms with Crippen LogP contribution in [-0.2, 0) is 9.59 Å². The van der Waals surface area contributed by atoms with Gasteiger partial charge in [0.15, 0.2) is 5.13 Å². The van der Waals surface area contributed by atoms with Gasteiger partial charge in [0, 0.05) is 18.7 Å². The number of hydrogen-bond donors (Lipinski definition) is 2. The zero-order chi connectivity index (χ0) is 18.7. The van der Waals surface area contributed by atoms with Gasteiger partial charge >= 0.3 is 0 Å². The number of thiazole rings is 1. The van der Waals surface area contributed by atoms with Gasteiger partial charge < -0.3 is 5.32 Å². The van der Waals surface area contributed by atoms with Crippen molar-refractivity contribution in [3.05, 3.63) is 59.2 Å². The van der Waals surface area contributed by atoms with Crippen molar-refractivity contribution in [2.24, 2.45) is 0 Å². The number of aryl methyl sites for hydroxylation is 2. The molecule has 1 heterocycles. The number of benzene rings is 2. The molecule has 0 fully saturated rings. The Hall–Kier alpha value is -2.99. The van der Waals surface area contributed by atoms with Crippen molar-refractivity contribution in [3.8, 4) is 0 Å². The lowest BCUT2D eigenvalue weighted by molar-refractivity contribution is -0.114. The van der Waals surface area contributed by atoms with Crippen LogP contribution in [0.1, 0.15) is 23.6 Å². The summed E-state index contributed by atoms with van der Waals surface area (Å²) >= 11 is 1.47. The zero-order valence-electron chi connectivity index (χ0n) is 14.8. The third kappa shape index (κ3) is 4.34. The van der Waals surface area contributed by atoms with Gasteiger partial charge in [-0.15, -0.1) is 0 Å². The molecule has 0 radical (unpaired) electrons. The van der Waals surface area contributed by atoms with Crippen LogP contribution in [0.25, 0.3) is 16.3 Å². The minimum absolute atomic E-state index is 0.117. The standard InChI is InChI=1S/C20H19N3O2S/c1-12-10-13(2)19-17(11-12)26-20(23-19)22-18(25)9-6-15-4-7-16(8-5-15)21-14(3)24/h4-11H,1-3H3,(H,21,24)(H,22,23,25)/b9-6+. The number of carbonyl (C=O) groups excluding carboxylic acids is 2. The van der Waals surface area contributed by atoms with Crippen LogP contribution in [0.2, 0.25) is 0 Å². The number of hydrogen-bond acceptors (Lipinski definition) is 4. The van der Waals surface area contributed by atoms with Gasteiger partial charge in [0.05, 0.1) is 10.2 Å². The highest BCUT2D eigenvalue weighted by atomic mass is 32.1. The average Bonchev–Trinajstić information content (AvgIpc) is 2.96. The van der Waals surface area contributed by atoms with Gasteiger partial charge in [0.25, 0.3) is 0 Å². The molecule has 0 spiro atoms. The molecule has 26 heavy (non-hydrogen) atoms. The molecule has 132 valence electrons. The molecule has 0 unspecified atom stereocenters. The monoisotopic (exact) mass is 365 g/mol. The van der Waals surface area contributed by atoms with E-state index < -0.39 is 0 Å². The predicted molar refractivity (Wildman–Crippen MR) is 108 cm³/mol. The molecule has 0 atom stereocenters. The second-order valence-electron chi connectivity index (χ2n) is 6.07. The van der Waals surface area contributed by atoms with Crippen LogP contribution < -0.4 is 10.6 Å². The van der Waals surface area contributed by atoms with Crippen LogP contribution in [0.5, 0.6) is 0 Å². The summed E-state index contributed by atoms with van der Waals surface area (Å²) in [6.45, 7) is 5.53. The van der Waals surface area contributed by atoms with Crippen LogP contribution in [0.15, 0.2) is 42.5 Å². The number of carbonyl (C=O) groups is 2. The second kappa shape index (κ2) is 7.49. The highest BCUT2D eigenvalue weighted by Gasteiger charge is 2.08. The number of anilines is 2. The molecule has 3 rings (SSSR count). The van der Waals surface area contributed by atoms with Gasteiger partial charge in [-0.05, 0) is 54.8 Å². The van der Waals surface area contributed by atoms with E-state index in [0.29, 0.717) is 5.13 Å². The normalized spacial score (nSPS) is 11.0. The zero-order valence-corrected chi connectivity index (χ0v) is 15.6. The first-order valence-corrected chi connectivity index (χ1v) is 8.97. The van der Waals surface area contributed by atoms with Crippen molar-refractivity contribution in [1.29, 1.82) is 0 Å². The van der Waals surface area contributed by atoms with Crippen LogP contribution in [0.3, 0.4) is 0 Å². The summed E-state index contributed by atoms with van der Waals surface area (Å²) < 4.78 is 1.07. The maximum atomic E-state index is 12.1. The summed E-state index contributed by atoms with van der Waals surface area (Å²) in [4.78, 5) is 27.6. The quantitative estimate of drug-likeness (QED) is 0.668. The van der Waals surface area contributed by atoms with E-state index in [1.165, 1.54) is 29.9 Å². The van der Waals surface area contributed by atoms with Crippen molar-refractivity contribution in [1.82, 2.24) is 4.98 Å². The van der Waals surface area contributed by atoms with Crippen LogP contribution >= 0.6 is 11.3 Å². The summed E-state index contributed by atoms with van der Waals surface area (Å²) in [6, 6.07) is 11.4. The Morgan fingerprint density at radius 3 is 2.50 bits per heavy atom. The van der Waals surface area contributed by atoms with Crippen LogP contribution in [-0.4, -0.2) is 16.8 Å². The number of amides is 2. The number of nitrogens with zero attached hydrogens (tertiary/aromatic N) is 1. The highest BCUT2D eigenvalue weighted by molar-refractivity contribution is 7.22. The molecule has 1 aromatic heterocycles. The lowest BCUT2D eigenvalue weighted by Gasteiger charge is -2.01. The lowest BCUT2D eigenvalue weighted by Crippen LogP contribution is -2.07. The first kappa shape index (κ1) is 17.8. The second-order valence-corrected chi connectivity index (χ2v) is 7.10. The van der Waals surface area contributed by atoms with Crippen LogP contribution in [0, 0.1) is 13.8 Å². The Labute approximate surface area is 155 Å². The fraction of sp³-hybridized carbons (Fsp3) is 0.150. The fourth-order valence-electron chi connectivity index (χ4n) is 2.62. The Balaban J connectivity index is 1.67.